The summed E-state index contributed by atoms with van der Waals surface area (Å²) in [5.74, 6) is 0.451. The zero-order chi connectivity index (χ0) is 22.7. The van der Waals surface area contributed by atoms with Crippen molar-refractivity contribution in [1.82, 2.24) is 14.7 Å². The molecule has 3 aliphatic rings. The number of imide groups is 1. The average Bonchev–Trinajstić information content (AvgIpc) is 3.05. The van der Waals surface area contributed by atoms with Crippen molar-refractivity contribution in [1.29, 1.82) is 0 Å². The van der Waals surface area contributed by atoms with Crippen LogP contribution in [-0.2, 0) is 9.59 Å². The molecule has 1 aromatic carbocycles. The van der Waals surface area contributed by atoms with Crippen LogP contribution in [0, 0.1) is 0 Å². The van der Waals surface area contributed by atoms with Crippen molar-refractivity contribution in [2.45, 2.75) is 58.1 Å². The van der Waals surface area contributed by atoms with Gasteiger partial charge in [0, 0.05) is 38.8 Å². The number of hydrogen-bond acceptors (Lipinski definition) is 6. The SMILES string of the molecule is CC(C)Oc1ccc(C2=C(N3CCN(CCO)CC3)C(=O)N(C3CCCCC3)C2=O)cc1. The summed E-state index contributed by atoms with van der Waals surface area (Å²) >= 11 is 0. The highest BCUT2D eigenvalue weighted by atomic mass is 16.5. The molecule has 0 spiro atoms. The lowest BCUT2D eigenvalue weighted by Crippen LogP contribution is -2.49. The number of nitrogens with zero attached hydrogens (tertiary/aromatic N) is 3. The predicted octanol–water partition coefficient (Wildman–Crippen LogP) is 2.50. The van der Waals surface area contributed by atoms with E-state index in [0.29, 0.717) is 30.9 Å². The first-order valence-corrected chi connectivity index (χ1v) is 12.0. The fourth-order valence-electron chi connectivity index (χ4n) is 5.07. The molecule has 4 rings (SSSR count). The van der Waals surface area contributed by atoms with Gasteiger partial charge < -0.3 is 14.7 Å². The molecule has 1 aliphatic carbocycles. The first kappa shape index (κ1) is 22.8. The Morgan fingerprint density at radius 1 is 0.969 bits per heavy atom. The molecule has 1 saturated heterocycles. The second-order valence-electron chi connectivity index (χ2n) is 9.24. The molecule has 1 aromatic rings. The van der Waals surface area contributed by atoms with Crippen LogP contribution in [0.1, 0.15) is 51.5 Å². The minimum Gasteiger partial charge on any atom is -0.491 e. The van der Waals surface area contributed by atoms with E-state index >= 15 is 0 Å². The molecule has 7 nitrogen and oxygen atoms in total. The third-order valence-electron chi connectivity index (χ3n) is 6.65. The molecule has 2 fully saturated rings. The van der Waals surface area contributed by atoms with Crippen molar-refractivity contribution < 1.29 is 19.4 Å². The van der Waals surface area contributed by atoms with Gasteiger partial charge in [-0.3, -0.25) is 19.4 Å². The number of rotatable bonds is 7. The van der Waals surface area contributed by atoms with E-state index < -0.39 is 0 Å². The smallest absolute Gasteiger partial charge is 0.278 e. The Balaban J connectivity index is 1.65. The van der Waals surface area contributed by atoms with E-state index in [4.69, 9.17) is 4.74 Å². The third kappa shape index (κ3) is 4.69. The van der Waals surface area contributed by atoms with Gasteiger partial charge in [0.1, 0.15) is 11.4 Å². The van der Waals surface area contributed by atoms with Crippen LogP contribution in [0.5, 0.6) is 5.75 Å². The number of aliphatic hydroxyl groups excluding tert-OH is 1. The molecule has 0 bridgehead atoms. The summed E-state index contributed by atoms with van der Waals surface area (Å²) in [5.41, 5.74) is 1.83. The van der Waals surface area contributed by atoms with Gasteiger partial charge >= 0.3 is 0 Å². The Hall–Kier alpha value is -2.38. The summed E-state index contributed by atoms with van der Waals surface area (Å²) < 4.78 is 5.76. The summed E-state index contributed by atoms with van der Waals surface area (Å²) in [6.07, 6.45) is 5.15. The van der Waals surface area contributed by atoms with Gasteiger partial charge in [-0.2, -0.15) is 0 Å². The first-order chi connectivity index (χ1) is 15.5. The molecule has 2 amide bonds. The number of carbonyl (C=O) groups is 2. The van der Waals surface area contributed by atoms with E-state index in [1.165, 1.54) is 6.42 Å². The Kier molecular flexibility index (Phi) is 7.16. The van der Waals surface area contributed by atoms with Crippen molar-refractivity contribution >= 4 is 17.4 Å². The molecule has 2 aliphatic heterocycles. The molecule has 7 heteroatoms. The van der Waals surface area contributed by atoms with Crippen molar-refractivity contribution in [2.75, 3.05) is 39.3 Å². The highest BCUT2D eigenvalue weighted by Crippen LogP contribution is 2.37. The molecule has 1 saturated carbocycles. The second kappa shape index (κ2) is 10.0. The van der Waals surface area contributed by atoms with E-state index in [1.54, 1.807) is 4.90 Å². The molecule has 174 valence electrons. The zero-order valence-corrected chi connectivity index (χ0v) is 19.3. The van der Waals surface area contributed by atoms with E-state index in [0.717, 1.165) is 50.1 Å². The molecule has 0 atom stereocenters. The highest BCUT2D eigenvalue weighted by Gasteiger charge is 2.45. The minimum absolute atomic E-state index is 0.00419. The maximum atomic E-state index is 13.6. The molecule has 0 unspecified atom stereocenters. The van der Waals surface area contributed by atoms with Gasteiger partial charge in [-0.05, 0) is 44.4 Å². The van der Waals surface area contributed by atoms with Crippen molar-refractivity contribution in [3.63, 3.8) is 0 Å². The van der Waals surface area contributed by atoms with Gasteiger partial charge in [0.05, 0.1) is 18.3 Å². The quantitative estimate of drug-likeness (QED) is 0.656. The van der Waals surface area contributed by atoms with Gasteiger partial charge in [-0.15, -0.1) is 0 Å². The Bertz CT molecular complexity index is 850. The molecule has 2 heterocycles. The first-order valence-electron chi connectivity index (χ1n) is 12.0. The Morgan fingerprint density at radius 2 is 1.62 bits per heavy atom. The number of benzene rings is 1. The van der Waals surface area contributed by atoms with E-state index in [2.05, 4.69) is 9.80 Å². The van der Waals surface area contributed by atoms with Crippen molar-refractivity contribution in [3.05, 3.63) is 35.5 Å². The van der Waals surface area contributed by atoms with Crippen LogP contribution in [-0.4, -0.2) is 83.1 Å². The maximum Gasteiger partial charge on any atom is 0.278 e. The molecular formula is C25H35N3O4. The molecular weight excluding hydrogens is 406 g/mol. The molecule has 1 N–H and O–H groups in total. The third-order valence-corrected chi connectivity index (χ3v) is 6.65. The lowest BCUT2D eigenvalue weighted by molar-refractivity contribution is -0.141. The average molecular weight is 442 g/mol. The van der Waals surface area contributed by atoms with Gasteiger partial charge in [-0.25, -0.2) is 0 Å². The van der Waals surface area contributed by atoms with E-state index in [1.807, 2.05) is 38.1 Å². The van der Waals surface area contributed by atoms with Crippen LogP contribution in [0.25, 0.3) is 5.57 Å². The summed E-state index contributed by atoms with van der Waals surface area (Å²) in [6, 6.07) is 7.53. The van der Waals surface area contributed by atoms with E-state index in [-0.39, 0.29) is 30.6 Å². The van der Waals surface area contributed by atoms with Gasteiger partial charge in [0.2, 0.25) is 0 Å². The number of amides is 2. The summed E-state index contributed by atoms with van der Waals surface area (Å²) in [4.78, 5) is 33.1. The van der Waals surface area contributed by atoms with Crippen LogP contribution in [0.3, 0.4) is 0 Å². The lowest BCUT2D eigenvalue weighted by Gasteiger charge is -2.36. The van der Waals surface area contributed by atoms with Crippen molar-refractivity contribution in [2.24, 2.45) is 0 Å². The maximum absolute atomic E-state index is 13.6. The zero-order valence-electron chi connectivity index (χ0n) is 19.3. The Morgan fingerprint density at radius 3 is 2.22 bits per heavy atom. The number of aliphatic hydroxyl groups is 1. The number of β-amino-alcohol motifs (C(OH)–C–C–N with tert-alkyl or cyclic N) is 1. The van der Waals surface area contributed by atoms with Gasteiger partial charge in [-0.1, -0.05) is 31.4 Å². The lowest BCUT2D eigenvalue weighted by atomic mass is 9.94. The number of piperazine rings is 1. The molecule has 0 aromatic heterocycles. The fourth-order valence-corrected chi connectivity index (χ4v) is 5.07. The number of ether oxygens (including phenoxy) is 1. The standard InChI is InChI=1S/C25H35N3O4/c1-18(2)32-21-10-8-19(9-11-21)22-23(27-14-12-26(13-15-27)16-17-29)25(31)28(24(22)30)20-6-4-3-5-7-20/h8-11,18,20,29H,3-7,12-17H2,1-2H3. The molecule has 32 heavy (non-hydrogen) atoms. The largest absolute Gasteiger partial charge is 0.491 e. The monoisotopic (exact) mass is 441 g/mol. The Labute approximate surface area is 190 Å². The topological polar surface area (TPSA) is 73.3 Å². The normalized spacial score (nSPS) is 21.2. The van der Waals surface area contributed by atoms with Gasteiger partial charge in [0.15, 0.2) is 0 Å². The predicted molar refractivity (Wildman–Crippen MR) is 123 cm³/mol. The summed E-state index contributed by atoms with van der Waals surface area (Å²) in [5, 5.41) is 9.24. The minimum atomic E-state index is -0.160. The van der Waals surface area contributed by atoms with Crippen molar-refractivity contribution in [3.8, 4) is 5.75 Å². The second-order valence-corrected chi connectivity index (χ2v) is 9.24. The molecule has 0 radical (unpaired) electrons. The highest BCUT2D eigenvalue weighted by molar-refractivity contribution is 6.35. The summed E-state index contributed by atoms with van der Waals surface area (Å²) in [7, 11) is 0. The summed E-state index contributed by atoms with van der Waals surface area (Å²) in [6.45, 7) is 7.60. The number of carbonyl (C=O) groups excluding carboxylic acids is 2. The fraction of sp³-hybridized carbons (Fsp3) is 0.600. The van der Waals surface area contributed by atoms with Crippen LogP contribution >= 0.6 is 0 Å². The number of hydrogen-bond donors (Lipinski definition) is 1. The van der Waals surface area contributed by atoms with Crippen LogP contribution in [0.2, 0.25) is 0 Å². The van der Waals surface area contributed by atoms with Gasteiger partial charge in [0.25, 0.3) is 11.8 Å². The van der Waals surface area contributed by atoms with Crippen LogP contribution in [0.15, 0.2) is 30.0 Å². The van der Waals surface area contributed by atoms with Crippen LogP contribution < -0.4 is 4.74 Å². The van der Waals surface area contributed by atoms with Crippen LogP contribution in [0.4, 0.5) is 0 Å². The van der Waals surface area contributed by atoms with E-state index in [9.17, 15) is 14.7 Å².